The van der Waals surface area contributed by atoms with Gasteiger partial charge < -0.3 is 15.0 Å². The predicted molar refractivity (Wildman–Crippen MR) is 303 cm³/mol. The third-order valence-electron chi connectivity index (χ3n) is 13.1. The minimum absolute atomic E-state index is 0. The van der Waals surface area contributed by atoms with Gasteiger partial charge in [-0.1, -0.05) is 217 Å². The fourth-order valence-electron chi connectivity index (χ4n) is 8.74. The van der Waals surface area contributed by atoms with E-state index in [2.05, 4.69) is 229 Å². The van der Waals surface area contributed by atoms with Gasteiger partial charge in [-0.2, -0.15) is 0 Å². The Morgan fingerprint density at radius 3 is 1.26 bits per heavy atom. The fourth-order valence-corrected chi connectivity index (χ4v) is 9.14. The molecule has 0 radical (unpaired) electrons. The lowest BCUT2D eigenvalue weighted by atomic mass is 9.79. The minimum atomic E-state index is -0.325. The van der Waals surface area contributed by atoms with Gasteiger partial charge in [-0.15, -0.1) is 0 Å². The number of hydrogen-bond donors (Lipinski definition) is 1. The Hall–Kier alpha value is -7.02. The number of benzene rings is 10. The molecule has 0 amide bonds. The van der Waals surface area contributed by atoms with Crippen LogP contribution in [0.3, 0.4) is 0 Å². The fraction of sp³-hybridized carbons (Fsp3) is 0.125. The SMILES string of the molecule is Brc1cccc(-c2cccc(-c3cccc4ccccc34)c2)c1.C.CC1(C)OB(c2cccc(N)c2)OC1(C)C.Cc1cccc(-c2cccc(-c3cccc(-c4cccc5ccccc45)c3)c2)c1.[HH]. The molecule has 0 aromatic heterocycles. The topological polar surface area (TPSA) is 44.5 Å². The summed E-state index contributed by atoms with van der Waals surface area (Å²) < 4.78 is 13.0. The first-order valence-corrected chi connectivity index (χ1v) is 24.0. The van der Waals surface area contributed by atoms with Crippen molar-refractivity contribution in [1.29, 1.82) is 0 Å². The summed E-state index contributed by atoms with van der Waals surface area (Å²) in [5, 5.41) is 5.14. The molecule has 1 fully saturated rings. The van der Waals surface area contributed by atoms with Crippen LogP contribution in [-0.4, -0.2) is 18.3 Å². The quantitative estimate of drug-likeness (QED) is 0.133. The van der Waals surface area contributed by atoms with Gasteiger partial charge in [-0.05, 0) is 160 Å². The first-order valence-electron chi connectivity index (χ1n) is 23.2. The van der Waals surface area contributed by atoms with Crippen molar-refractivity contribution >= 4 is 55.7 Å². The number of halogens is 1. The molecule has 1 aliphatic heterocycles. The van der Waals surface area contributed by atoms with Crippen molar-refractivity contribution in [1.82, 2.24) is 0 Å². The van der Waals surface area contributed by atoms with Crippen LogP contribution >= 0.6 is 15.9 Å². The zero-order valence-electron chi connectivity index (χ0n) is 39.3. The standard InChI is InChI=1S/C29H22.C22H15Br.C12H18BNO2.CH4.H2/c1-21-8-4-11-23(18-21)24-12-5-13-25(19-24)26-14-6-15-27(20-26)29-17-7-10-22-9-2-3-16-28(22)29;23-20-11-4-9-18(15-20)17-8-3-10-19(14-17)22-13-5-7-16-6-1-2-12-21(16)22;1-11(2)12(3,4)16-13(15-11)9-6-5-7-10(14)8-9;;/h2-20H,1H3;1-15H;5-8H,14H2,1-4H3;1H4;1H. The molecule has 1 aliphatic rings. The number of nitrogens with two attached hydrogens (primary N) is 1. The van der Waals surface area contributed by atoms with Crippen molar-refractivity contribution in [3.63, 3.8) is 0 Å². The van der Waals surface area contributed by atoms with Crippen LogP contribution in [0.15, 0.2) is 235 Å². The molecular formula is C64H61BBrNO2. The van der Waals surface area contributed by atoms with Crippen molar-refractivity contribution in [2.75, 3.05) is 5.73 Å². The van der Waals surface area contributed by atoms with Crippen molar-refractivity contribution in [2.45, 2.75) is 53.2 Å². The Balaban J connectivity index is 0.000000159. The van der Waals surface area contributed by atoms with Gasteiger partial charge in [-0.3, -0.25) is 0 Å². The van der Waals surface area contributed by atoms with E-state index in [1.54, 1.807) is 0 Å². The molecule has 1 saturated heterocycles. The molecule has 11 rings (SSSR count). The van der Waals surface area contributed by atoms with Crippen LogP contribution in [0.4, 0.5) is 5.69 Å². The molecule has 69 heavy (non-hydrogen) atoms. The highest BCUT2D eigenvalue weighted by molar-refractivity contribution is 9.10. The summed E-state index contributed by atoms with van der Waals surface area (Å²) in [6, 6.07) is 81.3. The number of aryl methyl sites for hydroxylation is 1. The minimum Gasteiger partial charge on any atom is -0.399 e. The van der Waals surface area contributed by atoms with Gasteiger partial charge in [0, 0.05) is 11.6 Å². The Morgan fingerprint density at radius 2 is 0.783 bits per heavy atom. The molecule has 2 N–H and O–H groups in total. The van der Waals surface area contributed by atoms with E-state index in [1.165, 1.54) is 82.7 Å². The second kappa shape index (κ2) is 21.1. The van der Waals surface area contributed by atoms with Gasteiger partial charge in [0.25, 0.3) is 0 Å². The molecule has 0 spiro atoms. The van der Waals surface area contributed by atoms with Gasteiger partial charge in [0.05, 0.1) is 11.2 Å². The molecular weight excluding hydrogens is 905 g/mol. The molecule has 344 valence electrons. The summed E-state index contributed by atoms with van der Waals surface area (Å²) in [6.45, 7) is 10.3. The second-order valence-electron chi connectivity index (χ2n) is 18.4. The van der Waals surface area contributed by atoms with Crippen LogP contribution in [0.1, 0.15) is 42.1 Å². The maximum Gasteiger partial charge on any atom is 0.494 e. The summed E-state index contributed by atoms with van der Waals surface area (Å²) in [4.78, 5) is 0. The largest absolute Gasteiger partial charge is 0.494 e. The summed E-state index contributed by atoms with van der Waals surface area (Å²) in [6.07, 6.45) is 0. The van der Waals surface area contributed by atoms with Gasteiger partial charge in [-0.25, -0.2) is 0 Å². The first-order chi connectivity index (χ1) is 32.9. The Kier molecular flexibility index (Phi) is 14.8. The van der Waals surface area contributed by atoms with Crippen molar-refractivity contribution in [2.24, 2.45) is 0 Å². The molecule has 10 aromatic rings. The van der Waals surface area contributed by atoms with E-state index < -0.39 is 0 Å². The maximum atomic E-state index is 5.93. The second-order valence-corrected chi connectivity index (χ2v) is 19.3. The van der Waals surface area contributed by atoms with Crippen LogP contribution in [0, 0.1) is 6.92 Å². The number of rotatable bonds is 6. The van der Waals surface area contributed by atoms with Crippen molar-refractivity contribution in [3.8, 4) is 55.6 Å². The lowest BCUT2D eigenvalue weighted by Crippen LogP contribution is -2.41. The van der Waals surface area contributed by atoms with E-state index in [0.29, 0.717) is 0 Å². The number of fused-ring (bicyclic) bond motifs is 2. The Labute approximate surface area is 419 Å². The lowest BCUT2D eigenvalue weighted by molar-refractivity contribution is 0.00578. The molecule has 0 aliphatic carbocycles. The highest BCUT2D eigenvalue weighted by Crippen LogP contribution is 2.37. The van der Waals surface area contributed by atoms with Crippen LogP contribution in [0.5, 0.6) is 0 Å². The third-order valence-corrected chi connectivity index (χ3v) is 13.6. The van der Waals surface area contributed by atoms with Gasteiger partial charge in [0.2, 0.25) is 0 Å². The third kappa shape index (κ3) is 11.1. The number of nitrogen functional groups attached to an aromatic ring is 1. The Morgan fingerprint density at radius 1 is 0.406 bits per heavy atom. The average molecular weight is 967 g/mol. The zero-order chi connectivity index (χ0) is 47.3. The van der Waals surface area contributed by atoms with E-state index in [9.17, 15) is 0 Å². The van der Waals surface area contributed by atoms with Crippen LogP contribution in [0.25, 0.3) is 77.2 Å². The van der Waals surface area contributed by atoms with Crippen LogP contribution < -0.4 is 11.2 Å². The highest BCUT2D eigenvalue weighted by atomic mass is 79.9. The zero-order valence-corrected chi connectivity index (χ0v) is 40.9. The number of anilines is 1. The molecule has 1 heterocycles. The molecule has 3 nitrogen and oxygen atoms in total. The Bertz CT molecular complexity index is 3360. The molecule has 0 unspecified atom stereocenters. The van der Waals surface area contributed by atoms with Gasteiger partial charge >= 0.3 is 7.12 Å². The highest BCUT2D eigenvalue weighted by Gasteiger charge is 2.51. The molecule has 0 bridgehead atoms. The van der Waals surface area contributed by atoms with Crippen molar-refractivity contribution < 1.29 is 10.7 Å². The van der Waals surface area contributed by atoms with E-state index in [4.69, 9.17) is 15.0 Å². The van der Waals surface area contributed by atoms with Crippen LogP contribution in [0.2, 0.25) is 0 Å². The van der Waals surface area contributed by atoms with E-state index in [0.717, 1.165) is 15.6 Å². The predicted octanol–water partition coefficient (Wildman–Crippen LogP) is 17.5. The summed E-state index contributed by atoms with van der Waals surface area (Å²) in [5.41, 5.74) is 20.6. The number of hydrogen-bond acceptors (Lipinski definition) is 3. The molecule has 0 atom stereocenters. The summed E-state index contributed by atoms with van der Waals surface area (Å²) in [5.74, 6) is 0. The summed E-state index contributed by atoms with van der Waals surface area (Å²) >= 11 is 3.56. The van der Waals surface area contributed by atoms with Gasteiger partial charge in [0.1, 0.15) is 0 Å². The maximum absolute atomic E-state index is 5.93. The molecule has 10 aromatic carbocycles. The first kappa shape index (κ1) is 48.4. The van der Waals surface area contributed by atoms with E-state index in [-0.39, 0.29) is 27.2 Å². The molecule has 5 heteroatoms. The van der Waals surface area contributed by atoms with Crippen molar-refractivity contribution in [3.05, 3.63) is 241 Å². The van der Waals surface area contributed by atoms with E-state index in [1.807, 2.05) is 52.0 Å². The molecule has 0 saturated carbocycles. The lowest BCUT2D eigenvalue weighted by Gasteiger charge is -2.32. The smallest absolute Gasteiger partial charge is 0.399 e. The monoisotopic (exact) mass is 965 g/mol. The van der Waals surface area contributed by atoms with E-state index >= 15 is 0 Å². The van der Waals surface area contributed by atoms with Crippen LogP contribution in [-0.2, 0) is 9.31 Å². The average Bonchev–Trinajstić information content (AvgIpc) is 3.59. The normalized spacial score (nSPS) is 13.4. The van der Waals surface area contributed by atoms with Gasteiger partial charge in [0.15, 0.2) is 0 Å². The summed E-state index contributed by atoms with van der Waals surface area (Å²) in [7, 11) is -0.325.